The lowest BCUT2D eigenvalue weighted by Crippen LogP contribution is -2.25. The predicted octanol–water partition coefficient (Wildman–Crippen LogP) is 3.12. The first-order valence-electron chi connectivity index (χ1n) is 6.53. The number of rotatable bonds is 4. The first-order chi connectivity index (χ1) is 8.36. The van der Waals surface area contributed by atoms with Crippen molar-refractivity contribution in [1.82, 2.24) is 4.90 Å². The molecule has 0 amide bonds. The highest BCUT2D eigenvalue weighted by Crippen LogP contribution is 2.11. The van der Waals surface area contributed by atoms with Crippen molar-refractivity contribution < 1.29 is 0 Å². The van der Waals surface area contributed by atoms with Crippen LogP contribution >= 0.6 is 0 Å². The van der Waals surface area contributed by atoms with Crippen LogP contribution in [-0.2, 0) is 0 Å². The number of likely N-dealkylation sites (tertiary alicyclic amines) is 1. The van der Waals surface area contributed by atoms with Crippen LogP contribution in [0.25, 0.3) is 0 Å². The van der Waals surface area contributed by atoms with Gasteiger partial charge in [-0.15, -0.1) is 0 Å². The molecule has 1 fully saturated rings. The molecule has 2 rings (SSSR count). The Hall–Kier alpha value is -1.44. The summed E-state index contributed by atoms with van der Waals surface area (Å²) in [5, 5.41) is 0. The summed E-state index contributed by atoms with van der Waals surface area (Å²) >= 11 is 0. The normalized spacial score (nSPS) is 16.4. The van der Waals surface area contributed by atoms with Crippen molar-refractivity contribution in [2.24, 2.45) is 0 Å². The second-order valence-corrected chi connectivity index (χ2v) is 4.70. The number of nitrogens with zero attached hydrogens (tertiary/aromatic N) is 2. The summed E-state index contributed by atoms with van der Waals surface area (Å²) in [5.41, 5.74) is 1.27. The van der Waals surface area contributed by atoms with Crippen LogP contribution in [0.15, 0.2) is 42.6 Å². The second-order valence-electron chi connectivity index (χ2n) is 4.70. The predicted molar refractivity (Wildman–Crippen MR) is 74.3 cm³/mol. The Balaban J connectivity index is 1.79. The van der Waals surface area contributed by atoms with E-state index in [1.165, 1.54) is 38.0 Å². The summed E-state index contributed by atoms with van der Waals surface area (Å²) in [6, 6.07) is 10.5. The largest absolute Gasteiger partial charge is 0.378 e. The van der Waals surface area contributed by atoms with Gasteiger partial charge in [0, 0.05) is 32.4 Å². The van der Waals surface area contributed by atoms with Gasteiger partial charge in [-0.1, -0.05) is 18.2 Å². The summed E-state index contributed by atoms with van der Waals surface area (Å²) in [5.74, 6) is 0. The van der Waals surface area contributed by atoms with Crippen molar-refractivity contribution in [3.63, 3.8) is 0 Å². The first-order valence-corrected chi connectivity index (χ1v) is 6.53. The lowest BCUT2D eigenvalue weighted by atomic mass is 10.1. The Labute approximate surface area is 105 Å². The van der Waals surface area contributed by atoms with Gasteiger partial charge in [0.05, 0.1) is 0 Å². The molecule has 0 bridgehead atoms. The number of piperidine rings is 1. The minimum Gasteiger partial charge on any atom is -0.378 e. The van der Waals surface area contributed by atoms with E-state index in [9.17, 15) is 0 Å². The van der Waals surface area contributed by atoms with Gasteiger partial charge < -0.3 is 9.80 Å². The SMILES string of the molecule is CN(C/C=C/N1CCCCC1)c1ccccc1. The molecule has 1 aliphatic rings. The minimum atomic E-state index is 0.973. The number of para-hydroxylation sites is 1. The maximum atomic E-state index is 2.43. The van der Waals surface area contributed by atoms with E-state index >= 15 is 0 Å². The highest BCUT2D eigenvalue weighted by molar-refractivity contribution is 5.45. The van der Waals surface area contributed by atoms with E-state index in [4.69, 9.17) is 0 Å². The lowest BCUT2D eigenvalue weighted by Gasteiger charge is -2.25. The van der Waals surface area contributed by atoms with Gasteiger partial charge >= 0.3 is 0 Å². The number of benzene rings is 1. The van der Waals surface area contributed by atoms with Crippen LogP contribution in [-0.4, -0.2) is 31.6 Å². The highest BCUT2D eigenvalue weighted by atomic mass is 15.1. The molecule has 2 nitrogen and oxygen atoms in total. The van der Waals surface area contributed by atoms with E-state index < -0.39 is 0 Å². The van der Waals surface area contributed by atoms with Crippen LogP contribution in [0.1, 0.15) is 19.3 Å². The molecular weight excluding hydrogens is 208 g/mol. The van der Waals surface area contributed by atoms with Gasteiger partial charge in [0.2, 0.25) is 0 Å². The fourth-order valence-corrected chi connectivity index (χ4v) is 2.21. The minimum absolute atomic E-state index is 0.973. The summed E-state index contributed by atoms with van der Waals surface area (Å²) in [4.78, 5) is 4.70. The third-order valence-corrected chi connectivity index (χ3v) is 3.28. The molecule has 17 heavy (non-hydrogen) atoms. The quantitative estimate of drug-likeness (QED) is 0.784. The van der Waals surface area contributed by atoms with Crippen molar-refractivity contribution in [1.29, 1.82) is 0 Å². The molecule has 0 aliphatic carbocycles. The Morgan fingerprint density at radius 1 is 1.12 bits per heavy atom. The molecule has 1 heterocycles. The molecule has 0 N–H and O–H groups in total. The molecule has 1 aromatic rings. The summed E-state index contributed by atoms with van der Waals surface area (Å²) < 4.78 is 0. The van der Waals surface area contributed by atoms with Crippen molar-refractivity contribution in [2.45, 2.75) is 19.3 Å². The van der Waals surface area contributed by atoms with Gasteiger partial charge in [0.15, 0.2) is 0 Å². The third kappa shape index (κ3) is 3.81. The lowest BCUT2D eigenvalue weighted by molar-refractivity contribution is 0.309. The van der Waals surface area contributed by atoms with Crippen molar-refractivity contribution in [3.05, 3.63) is 42.6 Å². The molecule has 2 heteroatoms. The maximum Gasteiger partial charge on any atom is 0.0373 e. The fraction of sp³-hybridized carbons (Fsp3) is 0.467. The maximum absolute atomic E-state index is 2.43. The van der Waals surface area contributed by atoms with Crippen LogP contribution in [0.3, 0.4) is 0 Å². The van der Waals surface area contributed by atoms with E-state index in [1.807, 2.05) is 0 Å². The molecule has 0 saturated carbocycles. The molecule has 1 aromatic carbocycles. The van der Waals surface area contributed by atoms with Crippen LogP contribution < -0.4 is 4.90 Å². The van der Waals surface area contributed by atoms with E-state index in [1.54, 1.807) is 0 Å². The van der Waals surface area contributed by atoms with E-state index in [-0.39, 0.29) is 0 Å². The number of likely N-dealkylation sites (N-methyl/N-ethyl adjacent to an activating group) is 1. The molecule has 0 unspecified atom stereocenters. The van der Waals surface area contributed by atoms with Gasteiger partial charge in [-0.05, 0) is 43.7 Å². The van der Waals surface area contributed by atoms with Gasteiger partial charge in [-0.3, -0.25) is 0 Å². The Kier molecular flexibility index (Phi) is 4.48. The average molecular weight is 230 g/mol. The average Bonchev–Trinajstić information content (AvgIpc) is 2.41. The van der Waals surface area contributed by atoms with Gasteiger partial charge in [0.25, 0.3) is 0 Å². The molecule has 0 aromatic heterocycles. The molecule has 0 radical (unpaired) electrons. The Morgan fingerprint density at radius 2 is 1.82 bits per heavy atom. The monoisotopic (exact) mass is 230 g/mol. The van der Waals surface area contributed by atoms with Crippen LogP contribution in [0, 0.1) is 0 Å². The van der Waals surface area contributed by atoms with Crippen LogP contribution in [0.5, 0.6) is 0 Å². The zero-order chi connectivity index (χ0) is 11.9. The summed E-state index contributed by atoms with van der Waals surface area (Å²) in [6.45, 7) is 3.43. The zero-order valence-electron chi connectivity index (χ0n) is 10.7. The molecule has 1 aliphatic heterocycles. The smallest absolute Gasteiger partial charge is 0.0373 e. The van der Waals surface area contributed by atoms with Crippen molar-refractivity contribution in [2.75, 3.05) is 31.6 Å². The zero-order valence-corrected chi connectivity index (χ0v) is 10.7. The third-order valence-electron chi connectivity index (χ3n) is 3.28. The fourth-order valence-electron chi connectivity index (χ4n) is 2.21. The first kappa shape index (κ1) is 12.0. The molecule has 0 atom stereocenters. The van der Waals surface area contributed by atoms with Crippen molar-refractivity contribution >= 4 is 5.69 Å². The van der Waals surface area contributed by atoms with E-state index in [0.717, 1.165) is 6.54 Å². The number of hydrogen-bond donors (Lipinski definition) is 0. The van der Waals surface area contributed by atoms with Gasteiger partial charge in [0.1, 0.15) is 0 Å². The number of anilines is 1. The van der Waals surface area contributed by atoms with Crippen LogP contribution in [0.2, 0.25) is 0 Å². The standard InChI is InChI=1S/C15H22N2/c1-16(15-9-4-2-5-10-15)11-8-14-17-12-6-3-7-13-17/h2,4-5,8-10,14H,3,6-7,11-13H2,1H3/b14-8+. The van der Waals surface area contributed by atoms with E-state index in [2.05, 4.69) is 59.5 Å². The molecular formula is C15H22N2. The van der Waals surface area contributed by atoms with Gasteiger partial charge in [-0.2, -0.15) is 0 Å². The number of hydrogen-bond acceptors (Lipinski definition) is 2. The summed E-state index contributed by atoms with van der Waals surface area (Å²) in [7, 11) is 2.13. The molecule has 92 valence electrons. The summed E-state index contributed by atoms with van der Waals surface area (Å²) in [6.07, 6.45) is 8.61. The Morgan fingerprint density at radius 3 is 2.53 bits per heavy atom. The Bertz CT molecular complexity index is 339. The van der Waals surface area contributed by atoms with Crippen molar-refractivity contribution in [3.8, 4) is 0 Å². The van der Waals surface area contributed by atoms with Gasteiger partial charge in [-0.25, -0.2) is 0 Å². The topological polar surface area (TPSA) is 6.48 Å². The van der Waals surface area contributed by atoms with Crippen LogP contribution in [0.4, 0.5) is 5.69 Å². The highest BCUT2D eigenvalue weighted by Gasteiger charge is 2.04. The molecule has 0 spiro atoms. The molecule has 1 saturated heterocycles. The van der Waals surface area contributed by atoms with E-state index in [0.29, 0.717) is 0 Å². The second kappa shape index (κ2) is 6.33.